The zero-order chi connectivity index (χ0) is 7.56. The second-order valence-corrected chi connectivity index (χ2v) is 2.32. The lowest BCUT2D eigenvalue weighted by atomic mass is 10.3. The molecule has 0 aliphatic heterocycles. The molecule has 0 saturated heterocycles. The molecule has 0 unspecified atom stereocenters. The molecule has 0 saturated carbocycles. The molecule has 0 fully saturated rings. The van der Waals surface area contributed by atoms with E-state index in [9.17, 15) is 0 Å². The summed E-state index contributed by atoms with van der Waals surface area (Å²) in [6.45, 7) is 0. The normalized spacial score (nSPS) is 9.30. The molecule has 1 rings (SSSR count). The SMILES string of the molecule is Cn1cc(CC#N)c[n+]1C. The van der Waals surface area contributed by atoms with Gasteiger partial charge in [-0.05, 0) is 0 Å². The third-order valence-corrected chi connectivity index (χ3v) is 1.49. The molecular formula is C7H10N3+. The van der Waals surface area contributed by atoms with Crippen molar-refractivity contribution in [1.82, 2.24) is 4.68 Å². The summed E-state index contributed by atoms with van der Waals surface area (Å²) in [7, 11) is 3.89. The highest BCUT2D eigenvalue weighted by Crippen LogP contribution is 1.93. The first kappa shape index (κ1) is 6.81. The predicted molar refractivity (Wildman–Crippen MR) is 35.9 cm³/mol. The molecule has 10 heavy (non-hydrogen) atoms. The Morgan fingerprint density at radius 1 is 1.80 bits per heavy atom. The van der Waals surface area contributed by atoms with E-state index in [2.05, 4.69) is 6.07 Å². The first-order valence-electron chi connectivity index (χ1n) is 3.12. The van der Waals surface area contributed by atoms with Crippen molar-refractivity contribution in [2.75, 3.05) is 0 Å². The topological polar surface area (TPSA) is 32.6 Å². The van der Waals surface area contributed by atoms with Crippen molar-refractivity contribution < 1.29 is 4.68 Å². The summed E-state index contributed by atoms with van der Waals surface area (Å²) in [6, 6.07) is 2.10. The van der Waals surface area contributed by atoms with Crippen molar-refractivity contribution in [3.05, 3.63) is 18.0 Å². The van der Waals surface area contributed by atoms with Gasteiger partial charge in [0.1, 0.15) is 0 Å². The Morgan fingerprint density at radius 2 is 2.50 bits per heavy atom. The second-order valence-electron chi connectivity index (χ2n) is 2.32. The zero-order valence-electron chi connectivity index (χ0n) is 6.20. The van der Waals surface area contributed by atoms with Crippen LogP contribution in [0.2, 0.25) is 0 Å². The molecular weight excluding hydrogens is 126 g/mol. The Kier molecular flexibility index (Phi) is 1.72. The summed E-state index contributed by atoms with van der Waals surface area (Å²) < 4.78 is 3.87. The zero-order valence-corrected chi connectivity index (χ0v) is 6.20. The van der Waals surface area contributed by atoms with Crippen LogP contribution in [0, 0.1) is 11.3 Å². The Labute approximate surface area is 60.1 Å². The Balaban J connectivity index is 2.90. The van der Waals surface area contributed by atoms with Crippen LogP contribution in [0.4, 0.5) is 0 Å². The summed E-state index contributed by atoms with van der Waals surface area (Å²) in [4.78, 5) is 0. The van der Waals surface area contributed by atoms with Crippen LogP contribution in [0.1, 0.15) is 5.56 Å². The summed E-state index contributed by atoms with van der Waals surface area (Å²) >= 11 is 0. The first-order valence-corrected chi connectivity index (χ1v) is 3.12. The van der Waals surface area contributed by atoms with E-state index in [-0.39, 0.29) is 0 Å². The number of aromatic nitrogens is 2. The van der Waals surface area contributed by atoms with Gasteiger partial charge in [-0.2, -0.15) is 9.94 Å². The minimum Gasteiger partial charge on any atom is -0.198 e. The lowest BCUT2D eigenvalue weighted by Gasteiger charge is -1.82. The largest absolute Gasteiger partial charge is 0.199 e. The molecule has 0 aliphatic rings. The van der Waals surface area contributed by atoms with Crippen LogP contribution in [0.5, 0.6) is 0 Å². The van der Waals surface area contributed by atoms with E-state index in [4.69, 9.17) is 5.26 Å². The maximum absolute atomic E-state index is 8.35. The van der Waals surface area contributed by atoms with Gasteiger partial charge in [-0.3, -0.25) is 0 Å². The highest BCUT2D eigenvalue weighted by Gasteiger charge is 2.03. The van der Waals surface area contributed by atoms with Crippen molar-refractivity contribution in [1.29, 1.82) is 5.26 Å². The molecule has 0 bridgehead atoms. The number of aryl methyl sites for hydroxylation is 2. The van der Waals surface area contributed by atoms with E-state index in [1.54, 1.807) is 0 Å². The fraction of sp³-hybridized carbons (Fsp3) is 0.429. The van der Waals surface area contributed by atoms with E-state index >= 15 is 0 Å². The molecule has 0 atom stereocenters. The summed E-state index contributed by atoms with van der Waals surface area (Å²) in [5.74, 6) is 0. The van der Waals surface area contributed by atoms with Crippen molar-refractivity contribution in [3.63, 3.8) is 0 Å². The van der Waals surface area contributed by atoms with Crippen LogP contribution in [0.15, 0.2) is 12.4 Å². The van der Waals surface area contributed by atoms with Crippen molar-refractivity contribution in [2.24, 2.45) is 14.1 Å². The standard InChI is InChI=1S/C7H10N3/c1-9-5-7(3-4-8)6-10(9)2/h5-6H,3H2,1-2H3/q+1. The van der Waals surface area contributed by atoms with Gasteiger partial charge in [0.05, 0.1) is 31.3 Å². The van der Waals surface area contributed by atoms with Crippen LogP contribution in [-0.2, 0) is 20.5 Å². The third kappa shape index (κ3) is 1.16. The Hall–Kier alpha value is -1.30. The van der Waals surface area contributed by atoms with E-state index in [1.165, 1.54) is 0 Å². The number of nitriles is 1. The number of nitrogens with zero attached hydrogens (tertiary/aromatic N) is 3. The van der Waals surface area contributed by atoms with Gasteiger partial charge in [0.25, 0.3) is 0 Å². The van der Waals surface area contributed by atoms with E-state index < -0.39 is 0 Å². The summed E-state index contributed by atoms with van der Waals surface area (Å²) in [5, 5.41) is 8.35. The predicted octanol–water partition coefficient (Wildman–Crippen LogP) is -0.0843. The van der Waals surface area contributed by atoms with Crippen LogP contribution in [0.25, 0.3) is 0 Å². The van der Waals surface area contributed by atoms with E-state index in [0.29, 0.717) is 6.42 Å². The molecule has 1 aromatic heterocycles. The Bertz CT molecular complexity index is 247. The van der Waals surface area contributed by atoms with E-state index in [0.717, 1.165) is 5.56 Å². The maximum atomic E-state index is 8.35. The van der Waals surface area contributed by atoms with Crippen molar-refractivity contribution >= 4 is 0 Å². The highest BCUT2D eigenvalue weighted by atomic mass is 15.4. The van der Waals surface area contributed by atoms with Gasteiger partial charge in [0, 0.05) is 0 Å². The number of hydrogen-bond acceptors (Lipinski definition) is 1. The number of rotatable bonds is 1. The minimum atomic E-state index is 0.495. The van der Waals surface area contributed by atoms with Crippen LogP contribution in [-0.4, -0.2) is 4.68 Å². The minimum absolute atomic E-state index is 0.495. The lowest BCUT2D eigenvalue weighted by molar-refractivity contribution is -0.751. The number of hydrogen-bond donors (Lipinski definition) is 0. The van der Waals surface area contributed by atoms with Gasteiger partial charge in [-0.25, -0.2) is 0 Å². The Morgan fingerprint density at radius 3 is 2.90 bits per heavy atom. The van der Waals surface area contributed by atoms with Gasteiger partial charge < -0.3 is 0 Å². The van der Waals surface area contributed by atoms with Gasteiger partial charge in [0.15, 0.2) is 13.2 Å². The molecule has 0 amide bonds. The smallest absolute Gasteiger partial charge is 0.198 e. The average molecular weight is 136 g/mol. The molecule has 0 radical (unpaired) electrons. The summed E-state index contributed by atoms with van der Waals surface area (Å²) in [5.41, 5.74) is 1.06. The molecule has 3 nitrogen and oxygen atoms in total. The first-order chi connectivity index (χ1) is 4.74. The second kappa shape index (κ2) is 2.53. The fourth-order valence-electron chi connectivity index (χ4n) is 0.878. The molecule has 0 spiro atoms. The van der Waals surface area contributed by atoms with Crippen molar-refractivity contribution in [3.8, 4) is 6.07 Å². The van der Waals surface area contributed by atoms with Crippen LogP contribution < -0.4 is 4.68 Å². The molecule has 1 heterocycles. The third-order valence-electron chi connectivity index (χ3n) is 1.49. The highest BCUT2D eigenvalue weighted by molar-refractivity contribution is 5.06. The summed E-state index contributed by atoms with van der Waals surface area (Å²) in [6.07, 6.45) is 4.39. The molecule has 1 aromatic rings. The van der Waals surface area contributed by atoms with Crippen LogP contribution in [0.3, 0.4) is 0 Å². The van der Waals surface area contributed by atoms with Gasteiger partial charge in [-0.15, -0.1) is 4.68 Å². The molecule has 3 heteroatoms. The van der Waals surface area contributed by atoms with Crippen molar-refractivity contribution in [2.45, 2.75) is 6.42 Å². The van der Waals surface area contributed by atoms with Gasteiger partial charge in [-0.1, -0.05) is 0 Å². The quantitative estimate of drug-likeness (QED) is 0.497. The molecule has 0 aromatic carbocycles. The molecule has 0 N–H and O–H groups in total. The van der Waals surface area contributed by atoms with Crippen LogP contribution >= 0.6 is 0 Å². The van der Waals surface area contributed by atoms with Gasteiger partial charge in [0.2, 0.25) is 0 Å². The lowest BCUT2D eigenvalue weighted by Crippen LogP contribution is -2.35. The fourth-order valence-corrected chi connectivity index (χ4v) is 0.878. The maximum Gasteiger partial charge on any atom is 0.199 e. The average Bonchev–Trinajstić information content (AvgIpc) is 2.14. The molecule has 0 aliphatic carbocycles. The van der Waals surface area contributed by atoms with E-state index in [1.807, 2.05) is 35.9 Å². The monoisotopic (exact) mass is 136 g/mol. The van der Waals surface area contributed by atoms with Gasteiger partial charge >= 0.3 is 0 Å². The molecule has 52 valence electrons.